The highest BCUT2D eigenvalue weighted by molar-refractivity contribution is 4.73. The molecule has 0 spiro atoms. The fourth-order valence-electron chi connectivity index (χ4n) is 2.20. The zero-order valence-electron chi connectivity index (χ0n) is 21.4. The minimum absolute atomic E-state index is 0.602. The molecule has 0 aromatic carbocycles. The van der Waals surface area contributed by atoms with E-state index in [1.807, 2.05) is 0 Å². The van der Waals surface area contributed by atoms with Crippen molar-refractivity contribution in [3.63, 3.8) is 0 Å². The average Bonchev–Trinajstić information content (AvgIpc) is 3.57. The second-order valence-corrected chi connectivity index (χ2v) is 10.6. The first-order chi connectivity index (χ1) is 14.0. The third-order valence-electron chi connectivity index (χ3n) is 5.51. The first-order valence-corrected chi connectivity index (χ1v) is 12.1. The van der Waals surface area contributed by atoms with Crippen molar-refractivity contribution in [3.05, 3.63) is 0 Å². The molecule has 5 heteroatoms. The predicted octanol–water partition coefficient (Wildman–Crippen LogP) is 5.21. The molecule has 5 fully saturated rings. The van der Waals surface area contributed by atoms with Gasteiger partial charge in [-0.25, -0.2) is 0 Å². The van der Waals surface area contributed by atoms with Crippen molar-refractivity contribution in [1.82, 2.24) is 0 Å². The van der Waals surface area contributed by atoms with Crippen molar-refractivity contribution in [2.24, 2.45) is 29.6 Å². The third kappa shape index (κ3) is 16.5. The van der Waals surface area contributed by atoms with Gasteiger partial charge in [-0.15, -0.1) is 0 Å². The van der Waals surface area contributed by atoms with Crippen molar-refractivity contribution < 1.29 is 23.7 Å². The van der Waals surface area contributed by atoms with Gasteiger partial charge in [-0.1, -0.05) is 69.2 Å². The van der Waals surface area contributed by atoms with Gasteiger partial charge in [-0.05, 0) is 29.6 Å². The summed E-state index contributed by atoms with van der Waals surface area (Å²) in [4.78, 5) is 0. The Kier molecular flexibility index (Phi) is 13.0. The number of hydrogen-bond donors (Lipinski definition) is 0. The van der Waals surface area contributed by atoms with E-state index in [2.05, 4.69) is 69.2 Å². The summed E-state index contributed by atoms with van der Waals surface area (Å²) < 4.78 is 24.8. The summed E-state index contributed by atoms with van der Waals surface area (Å²) in [6.45, 7) is 26.8. The van der Waals surface area contributed by atoms with Gasteiger partial charge in [0.15, 0.2) is 0 Å². The number of hydrogen-bond acceptors (Lipinski definition) is 5. The third-order valence-corrected chi connectivity index (χ3v) is 5.51. The lowest BCUT2D eigenvalue weighted by atomic mass is 10.2. The van der Waals surface area contributed by atoms with E-state index in [1.165, 1.54) is 0 Å². The number of epoxide rings is 5. The van der Waals surface area contributed by atoms with Crippen LogP contribution in [-0.4, -0.2) is 63.6 Å². The molecule has 5 aliphatic rings. The summed E-state index contributed by atoms with van der Waals surface area (Å²) in [5.74, 6) is 3.70. The Hall–Kier alpha value is -0.200. The lowest BCUT2D eigenvalue weighted by Crippen LogP contribution is -1.94. The zero-order chi connectivity index (χ0) is 22.8. The van der Waals surface area contributed by atoms with Crippen molar-refractivity contribution in [1.29, 1.82) is 0 Å². The maximum Gasteiger partial charge on any atom is 0.0832 e. The van der Waals surface area contributed by atoms with E-state index in [9.17, 15) is 0 Å². The minimum atomic E-state index is 0.602. The Morgan fingerprint density at radius 3 is 0.433 bits per heavy atom. The molecule has 0 radical (unpaired) electrons. The van der Waals surface area contributed by atoms with Gasteiger partial charge < -0.3 is 23.7 Å². The molecule has 5 saturated heterocycles. The highest BCUT2D eigenvalue weighted by atomic mass is 16.6. The molecule has 0 bridgehead atoms. The summed E-state index contributed by atoms with van der Waals surface area (Å²) in [5, 5.41) is 0. The van der Waals surface area contributed by atoms with Crippen molar-refractivity contribution in [2.45, 2.75) is 99.8 Å². The Morgan fingerprint density at radius 1 is 0.333 bits per heavy atom. The van der Waals surface area contributed by atoms with Gasteiger partial charge in [0.25, 0.3) is 0 Å². The first-order valence-electron chi connectivity index (χ1n) is 12.1. The van der Waals surface area contributed by atoms with Crippen LogP contribution in [0.5, 0.6) is 0 Å². The molecule has 0 aromatic heterocycles. The highest BCUT2D eigenvalue weighted by Gasteiger charge is 2.27. The van der Waals surface area contributed by atoms with Gasteiger partial charge in [0.1, 0.15) is 0 Å². The van der Waals surface area contributed by atoms with E-state index in [4.69, 9.17) is 23.7 Å². The van der Waals surface area contributed by atoms with E-state index >= 15 is 0 Å². The van der Waals surface area contributed by atoms with Crippen LogP contribution in [0, 0.1) is 29.6 Å². The van der Waals surface area contributed by atoms with Gasteiger partial charge in [0.05, 0.1) is 63.6 Å². The van der Waals surface area contributed by atoms with E-state index in [-0.39, 0.29) is 0 Å². The molecular weight excluding hydrogens is 380 g/mol. The van der Waals surface area contributed by atoms with Crippen LogP contribution in [-0.2, 0) is 23.7 Å². The second kappa shape index (κ2) is 14.1. The van der Waals surface area contributed by atoms with Crippen molar-refractivity contribution in [3.8, 4) is 0 Å². The summed E-state index contributed by atoms with van der Waals surface area (Å²) >= 11 is 0. The molecule has 0 N–H and O–H groups in total. The quantitative estimate of drug-likeness (QED) is 0.561. The Morgan fingerprint density at radius 2 is 0.433 bits per heavy atom. The van der Waals surface area contributed by atoms with Crippen LogP contribution < -0.4 is 0 Å². The summed E-state index contributed by atoms with van der Waals surface area (Å²) in [6, 6.07) is 0. The molecule has 0 aromatic rings. The van der Waals surface area contributed by atoms with E-state index in [0.29, 0.717) is 30.5 Å². The minimum Gasteiger partial charge on any atom is -0.373 e. The normalized spacial score (nSPS) is 31.5. The van der Waals surface area contributed by atoms with Crippen LogP contribution in [0.4, 0.5) is 0 Å². The molecule has 5 atom stereocenters. The number of ether oxygens (including phenoxy) is 5. The maximum absolute atomic E-state index is 4.97. The topological polar surface area (TPSA) is 62.6 Å². The molecule has 5 nitrogen and oxygen atoms in total. The predicted molar refractivity (Wildman–Crippen MR) is 123 cm³/mol. The molecule has 5 rings (SSSR count). The molecule has 0 amide bonds. The van der Waals surface area contributed by atoms with Gasteiger partial charge in [-0.2, -0.15) is 0 Å². The molecule has 5 aliphatic heterocycles. The summed E-state index contributed by atoms with van der Waals surface area (Å²) in [7, 11) is 0. The fourth-order valence-corrected chi connectivity index (χ4v) is 2.20. The largest absolute Gasteiger partial charge is 0.373 e. The molecular formula is C25H50O5. The van der Waals surface area contributed by atoms with Crippen LogP contribution in [0.1, 0.15) is 69.2 Å². The van der Waals surface area contributed by atoms with E-state index < -0.39 is 0 Å². The molecule has 5 heterocycles. The fraction of sp³-hybridized carbons (Fsp3) is 1.00. The Bertz CT molecular complexity index is 322. The lowest BCUT2D eigenvalue weighted by molar-refractivity contribution is 0.356. The standard InChI is InChI=1S/5C5H10O/c5*1-4(2)5-3-6-5/h5*4-5H,3H2,1-2H3/t4*5-;/m1100./s1. The van der Waals surface area contributed by atoms with Crippen molar-refractivity contribution in [2.75, 3.05) is 33.0 Å². The van der Waals surface area contributed by atoms with Crippen LogP contribution in [0.15, 0.2) is 0 Å². The highest BCUT2D eigenvalue weighted by Crippen LogP contribution is 2.20. The van der Waals surface area contributed by atoms with E-state index in [0.717, 1.165) is 62.6 Å². The zero-order valence-corrected chi connectivity index (χ0v) is 21.4. The van der Waals surface area contributed by atoms with Crippen LogP contribution in [0.3, 0.4) is 0 Å². The summed E-state index contributed by atoms with van der Waals surface area (Å²) in [6.07, 6.45) is 3.01. The average molecular weight is 431 g/mol. The maximum atomic E-state index is 4.97. The number of rotatable bonds is 5. The monoisotopic (exact) mass is 430 g/mol. The summed E-state index contributed by atoms with van der Waals surface area (Å²) in [5.41, 5.74) is 0. The molecule has 0 saturated carbocycles. The molecule has 1 unspecified atom stereocenters. The van der Waals surface area contributed by atoms with Gasteiger partial charge in [0, 0.05) is 0 Å². The van der Waals surface area contributed by atoms with Crippen LogP contribution >= 0.6 is 0 Å². The second-order valence-electron chi connectivity index (χ2n) is 10.6. The first kappa shape index (κ1) is 27.8. The van der Waals surface area contributed by atoms with Gasteiger partial charge in [-0.3, -0.25) is 0 Å². The van der Waals surface area contributed by atoms with Gasteiger partial charge in [0.2, 0.25) is 0 Å². The molecule has 30 heavy (non-hydrogen) atoms. The smallest absolute Gasteiger partial charge is 0.0832 e. The lowest BCUT2D eigenvalue weighted by Gasteiger charge is -1.90. The Labute approximate surface area is 186 Å². The van der Waals surface area contributed by atoms with E-state index in [1.54, 1.807) is 0 Å². The van der Waals surface area contributed by atoms with Crippen LogP contribution in [0.2, 0.25) is 0 Å². The van der Waals surface area contributed by atoms with Crippen LogP contribution in [0.25, 0.3) is 0 Å². The Balaban J connectivity index is 0.000000187. The van der Waals surface area contributed by atoms with Gasteiger partial charge >= 0.3 is 0 Å². The SMILES string of the molecule is CC(C)C1CO1.CC(C)[C@@H]1CO1.CC(C)[C@@H]1CO1.CC(C)[C@H]1CO1.CC(C)[C@H]1CO1. The van der Waals surface area contributed by atoms with Crippen molar-refractivity contribution >= 4 is 0 Å². The molecule has 180 valence electrons. The molecule has 0 aliphatic carbocycles.